The zero-order valence-electron chi connectivity index (χ0n) is 9.98. The van der Waals surface area contributed by atoms with Gasteiger partial charge in [0.05, 0.1) is 0 Å². The zero-order chi connectivity index (χ0) is 12.2. The first-order chi connectivity index (χ1) is 7.48. The van der Waals surface area contributed by atoms with Gasteiger partial charge in [-0.05, 0) is 30.9 Å². The van der Waals surface area contributed by atoms with Crippen LogP contribution in [0.25, 0.3) is 0 Å². The minimum absolute atomic E-state index is 0.0663. The van der Waals surface area contributed by atoms with Gasteiger partial charge in [-0.3, -0.25) is 4.79 Å². The topological polar surface area (TPSA) is 46.5 Å². The monoisotopic (exact) mass is 224 g/mol. The highest BCUT2D eigenvalue weighted by molar-refractivity contribution is 5.94. The van der Waals surface area contributed by atoms with Gasteiger partial charge in [-0.15, -0.1) is 6.58 Å². The largest absolute Gasteiger partial charge is 0.362 e. The number of rotatable bonds is 5. The van der Waals surface area contributed by atoms with Crippen molar-refractivity contribution >= 4 is 5.78 Å². The highest BCUT2D eigenvalue weighted by Crippen LogP contribution is 2.27. The fourth-order valence-electron chi connectivity index (χ4n) is 1.73. The molecule has 1 aliphatic rings. The van der Waals surface area contributed by atoms with Crippen molar-refractivity contribution in [3.05, 3.63) is 24.8 Å². The van der Waals surface area contributed by atoms with Crippen LogP contribution < -0.4 is 0 Å². The summed E-state index contributed by atoms with van der Waals surface area (Å²) >= 11 is 0. The Morgan fingerprint density at radius 2 is 2.38 bits per heavy atom. The van der Waals surface area contributed by atoms with Crippen molar-refractivity contribution in [2.45, 2.75) is 45.0 Å². The summed E-state index contributed by atoms with van der Waals surface area (Å²) in [7, 11) is 0. The van der Waals surface area contributed by atoms with Crippen LogP contribution in [-0.2, 0) is 9.53 Å². The lowest BCUT2D eigenvalue weighted by Crippen LogP contribution is -2.44. The molecule has 0 aromatic rings. The Kier molecular flexibility index (Phi) is 4.44. The normalized spacial score (nSPS) is 29.8. The van der Waals surface area contributed by atoms with Crippen molar-refractivity contribution in [1.82, 2.24) is 0 Å². The Morgan fingerprint density at radius 3 is 2.94 bits per heavy atom. The average molecular weight is 224 g/mol. The van der Waals surface area contributed by atoms with E-state index in [1.165, 1.54) is 12.2 Å². The molecule has 90 valence electrons. The summed E-state index contributed by atoms with van der Waals surface area (Å²) in [4.78, 5) is 11.5. The minimum Gasteiger partial charge on any atom is -0.362 e. The number of unbranched alkanes of at least 4 members (excludes halogenated alkanes) is 1. The zero-order valence-corrected chi connectivity index (χ0v) is 9.98. The summed E-state index contributed by atoms with van der Waals surface area (Å²) < 4.78 is 5.48. The average Bonchev–Trinajstić information content (AvgIpc) is 2.22. The molecule has 0 aliphatic carbocycles. The van der Waals surface area contributed by atoms with E-state index in [1.807, 2.05) is 13.8 Å². The number of ether oxygens (including phenoxy) is 1. The van der Waals surface area contributed by atoms with Crippen LogP contribution in [0.5, 0.6) is 0 Å². The van der Waals surface area contributed by atoms with E-state index in [4.69, 9.17) is 4.74 Å². The molecular weight excluding hydrogens is 204 g/mol. The van der Waals surface area contributed by atoms with E-state index in [1.54, 1.807) is 6.08 Å². The molecule has 1 heterocycles. The van der Waals surface area contributed by atoms with Crippen LogP contribution in [0.2, 0.25) is 0 Å². The molecule has 1 rings (SSSR count). The lowest BCUT2D eigenvalue weighted by Gasteiger charge is -2.34. The third kappa shape index (κ3) is 3.29. The highest BCUT2D eigenvalue weighted by Gasteiger charge is 2.36. The van der Waals surface area contributed by atoms with Crippen LogP contribution in [0.1, 0.15) is 33.1 Å². The molecule has 0 fully saturated rings. The van der Waals surface area contributed by atoms with E-state index >= 15 is 0 Å². The van der Waals surface area contributed by atoms with E-state index in [2.05, 4.69) is 6.58 Å². The van der Waals surface area contributed by atoms with E-state index in [9.17, 15) is 9.90 Å². The van der Waals surface area contributed by atoms with Gasteiger partial charge in [0.15, 0.2) is 11.6 Å². The van der Waals surface area contributed by atoms with Crippen molar-refractivity contribution in [1.29, 1.82) is 0 Å². The molecule has 0 amide bonds. The standard InChI is InChI=1S/C13H20O3/c1-4-5-6-8-13(15)9-7-11(14)12(16-13)10(2)3/h4,7,9-10,12,15H,1,5-6,8H2,2-3H3. The maximum absolute atomic E-state index is 11.5. The van der Waals surface area contributed by atoms with Crippen molar-refractivity contribution < 1.29 is 14.6 Å². The molecule has 1 N–H and O–H groups in total. The van der Waals surface area contributed by atoms with Crippen LogP contribution in [0.15, 0.2) is 24.8 Å². The van der Waals surface area contributed by atoms with Crippen molar-refractivity contribution in [2.75, 3.05) is 0 Å². The van der Waals surface area contributed by atoms with Gasteiger partial charge in [0.1, 0.15) is 6.10 Å². The summed E-state index contributed by atoms with van der Waals surface area (Å²) in [5, 5.41) is 10.1. The minimum atomic E-state index is -1.29. The Bertz CT molecular complexity index is 294. The summed E-state index contributed by atoms with van der Waals surface area (Å²) in [5.41, 5.74) is 0. The van der Waals surface area contributed by atoms with Gasteiger partial charge >= 0.3 is 0 Å². The van der Waals surface area contributed by atoms with Crippen molar-refractivity contribution in [3.63, 3.8) is 0 Å². The summed E-state index contributed by atoms with van der Waals surface area (Å²) in [6.45, 7) is 7.44. The molecule has 3 nitrogen and oxygen atoms in total. The van der Waals surface area contributed by atoms with Gasteiger partial charge in [-0.2, -0.15) is 0 Å². The van der Waals surface area contributed by atoms with Crippen molar-refractivity contribution in [3.8, 4) is 0 Å². The number of aliphatic hydroxyl groups is 1. The summed E-state index contributed by atoms with van der Waals surface area (Å²) in [6, 6.07) is 0. The van der Waals surface area contributed by atoms with Crippen LogP contribution in [0.3, 0.4) is 0 Å². The van der Waals surface area contributed by atoms with Crippen LogP contribution in [0.4, 0.5) is 0 Å². The Morgan fingerprint density at radius 1 is 1.69 bits per heavy atom. The third-order valence-corrected chi connectivity index (χ3v) is 2.67. The fourth-order valence-corrected chi connectivity index (χ4v) is 1.73. The summed E-state index contributed by atoms with van der Waals surface area (Å²) in [6.07, 6.45) is 6.29. The maximum Gasteiger partial charge on any atom is 0.186 e. The number of carbonyl (C=O) groups excluding carboxylic acids is 1. The number of hydrogen-bond donors (Lipinski definition) is 1. The van der Waals surface area contributed by atoms with Crippen LogP contribution in [0, 0.1) is 5.92 Å². The van der Waals surface area contributed by atoms with E-state index in [0.29, 0.717) is 6.42 Å². The first kappa shape index (κ1) is 13.1. The first-order valence-electron chi connectivity index (χ1n) is 5.72. The number of hydrogen-bond acceptors (Lipinski definition) is 3. The molecule has 1 aliphatic heterocycles. The lowest BCUT2D eigenvalue weighted by atomic mass is 9.96. The second-order valence-corrected chi connectivity index (χ2v) is 4.54. The van der Waals surface area contributed by atoms with Crippen LogP contribution >= 0.6 is 0 Å². The Labute approximate surface area is 96.8 Å². The number of allylic oxidation sites excluding steroid dienone is 1. The molecule has 2 unspecified atom stereocenters. The van der Waals surface area contributed by atoms with Crippen molar-refractivity contribution in [2.24, 2.45) is 5.92 Å². The van der Waals surface area contributed by atoms with Gasteiger partial charge in [-0.1, -0.05) is 19.9 Å². The molecular formula is C13H20O3. The molecule has 0 saturated carbocycles. The molecule has 0 spiro atoms. The Hall–Kier alpha value is -0.930. The second-order valence-electron chi connectivity index (χ2n) is 4.54. The van der Waals surface area contributed by atoms with Gasteiger partial charge in [0.25, 0.3) is 0 Å². The molecule has 0 aromatic heterocycles. The first-order valence-corrected chi connectivity index (χ1v) is 5.72. The molecule has 0 bridgehead atoms. The molecule has 0 radical (unpaired) electrons. The molecule has 3 heteroatoms. The Balaban J connectivity index is 2.65. The van der Waals surface area contributed by atoms with Gasteiger partial charge in [0.2, 0.25) is 0 Å². The SMILES string of the molecule is C=CCCCC1(O)C=CC(=O)C(C(C)C)O1. The number of ketones is 1. The highest BCUT2D eigenvalue weighted by atomic mass is 16.6. The quantitative estimate of drug-likeness (QED) is 0.575. The van der Waals surface area contributed by atoms with Crippen LogP contribution in [-0.4, -0.2) is 22.8 Å². The molecule has 0 saturated heterocycles. The predicted octanol–water partition coefficient (Wildman–Crippen LogP) is 2.21. The second kappa shape index (κ2) is 5.41. The fraction of sp³-hybridized carbons (Fsp3) is 0.615. The maximum atomic E-state index is 11.5. The number of carbonyl (C=O) groups is 1. The van der Waals surface area contributed by atoms with Gasteiger partial charge in [-0.25, -0.2) is 0 Å². The lowest BCUT2D eigenvalue weighted by molar-refractivity contribution is -0.213. The predicted molar refractivity (Wildman–Crippen MR) is 62.9 cm³/mol. The smallest absolute Gasteiger partial charge is 0.186 e. The van der Waals surface area contributed by atoms with E-state index < -0.39 is 11.9 Å². The molecule has 0 aromatic carbocycles. The third-order valence-electron chi connectivity index (χ3n) is 2.67. The molecule has 16 heavy (non-hydrogen) atoms. The van der Waals surface area contributed by atoms with Gasteiger partial charge < -0.3 is 9.84 Å². The summed E-state index contributed by atoms with van der Waals surface area (Å²) in [5.74, 6) is -1.28. The van der Waals surface area contributed by atoms with Gasteiger partial charge in [0, 0.05) is 6.42 Å². The molecule has 2 atom stereocenters. The van der Waals surface area contributed by atoms with E-state index in [0.717, 1.165) is 12.8 Å². The van der Waals surface area contributed by atoms with E-state index in [-0.39, 0.29) is 11.7 Å².